The van der Waals surface area contributed by atoms with E-state index in [9.17, 15) is 35.1 Å². The van der Waals surface area contributed by atoms with Gasteiger partial charge in [-0.3, -0.25) is 4.79 Å². The minimum atomic E-state index is -1.48. The third-order valence-corrected chi connectivity index (χ3v) is 11.3. The molecule has 19 heteroatoms. The molecule has 0 aromatic carbocycles. The Morgan fingerprint density at radius 1 is 0.894 bits per heavy atom. The van der Waals surface area contributed by atoms with Crippen LogP contribution in [0.4, 0.5) is 4.79 Å². The van der Waals surface area contributed by atoms with Crippen LogP contribution in [-0.4, -0.2) is 159 Å². The van der Waals surface area contributed by atoms with Crippen molar-refractivity contribution in [2.75, 3.05) is 18.9 Å². The van der Waals surface area contributed by atoms with Crippen molar-refractivity contribution in [3.63, 3.8) is 0 Å². The molecule has 270 valence electrons. The third kappa shape index (κ3) is 8.48. The van der Waals surface area contributed by atoms with E-state index in [0.29, 0.717) is 18.1 Å². The lowest BCUT2D eigenvalue weighted by Gasteiger charge is -2.47. The van der Waals surface area contributed by atoms with Crippen molar-refractivity contribution in [2.45, 2.75) is 141 Å². The molecule has 0 unspecified atom stereocenters. The Labute approximate surface area is 276 Å². The fraction of sp³-hybridized carbons (Fsp3) is 0.929. The summed E-state index contributed by atoms with van der Waals surface area (Å²) in [7, 11) is 0. The number of unbranched alkanes of at least 4 members (excludes halogenated alkanes) is 1. The minimum Gasteiger partial charge on any atom is -0.394 e. The number of carbonyl (C=O) groups is 2. The zero-order valence-electron chi connectivity index (χ0n) is 26.1. The number of hydrogen-bond donors (Lipinski definition) is 12. The van der Waals surface area contributed by atoms with Gasteiger partial charge in [-0.15, -0.1) is 0 Å². The van der Waals surface area contributed by atoms with Crippen molar-refractivity contribution in [2.24, 2.45) is 22.9 Å². The van der Waals surface area contributed by atoms with Crippen molar-refractivity contribution in [1.29, 1.82) is 0 Å². The lowest BCUT2D eigenvalue weighted by Crippen LogP contribution is -2.68. The smallest absolute Gasteiger partial charge is 0.315 e. The van der Waals surface area contributed by atoms with E-state index in [1.165, 1.54) is 0 Å². The van der Waals surface area contributed by atoms with Gasteiger partial charge in [-0.2, -0.15) is 11.8 Å². The second-order valence-corrected chi connectivity index (χ2v) is 14.5. The molecule has 1 saturated carbocycles. The molecule has 0 aromatic rings. The summed E-state index contributed by atoms with van der Waals surface area (Å²) in [5, 5.41) is 61.1. The summed E-state index contributed by atoms with van der Waals surface area (Å²) in [4.78, 5) is 24.1. The highest BCUT2D eigenvalue weighted by Crippen LogP contribution is 2.34. The Morgan fingerprint density at radius 3 is 2.28 bits per heavy atom. The summed E-state index contributed by atoms with van der Waals surface area (Å²) in [6.07, 6.45) is -9.02. The van der Waals surface area contributed by atoms with Crippen LogP contribution in [0, 0.1) is 0 Å². The molecule has 1 aliphatic carbocycles. The second-order valence-electron chi connectivity index (χ2n) is 13.2. The molecule has 18 nitrogen and oxygen atoms in total. The average Bonchev–Trinajstić information content (AvgIpc) is 3.58. The molecule has 4 heterocycles. The van der Waals surface area contributed by atoms with Crippen molar-refractivity contribution in [3.05, 3.63) is 0 Å². The van der Waals surface area contributed by atoms with E-state index in [1.807, 2.05) is 11.8 Å². The molecule has 0 bridgehead atoms. The van der Waals surface area contributed by atoms with Crippen LogP contribution in [0.3, 0.4) is 0 Å². The Morgan fingerprint density at radius 2 is 1.57 bits per heavy atom. The molecule has 4 aliphatic heterocycles. The number of urea groups is 1. The predicted molar refractivity (Wildman–Crippen MR) is 166 cm³/mol. The fourth-order valence-corrected chi connectivity index (χ4v) is 8.52. The summed E-state index contributed by atoms with van der Waals surface area (Å²) in [5.41, 5.74) is 24.7. The van der Waals surface area contributed by atoms with Crippen LogP contribution in [0.5, 0.6) is 0 Å². The molecule has 47 heavy (non-hydrogen) atoms. The van der Waals surface area contributed by atoms with Gasteiger partial charge in [-0.05, 0) is 25.7 Å². The van der Waals surface area contributed by atoms with Gasteiger partial charge in [0.2, 0.25) is 5.91 Å². The van der Waals surface area contributed by atoms with E-state index in [1.54, 1.807) is 0 Å². The SMILES string of the molecule is N[C@@H]1[C@H](O)[C@@H](O[C@@H]2[C@H](O)[C@H](O[C@H]3O[C@H](CNC(=O)CCCC[C@@H]4SC[C@@H]5NC(=O)N[C@@H]54)[C@@H](O)C[C@@H]3N)[C@H](N)C[C@H]2N)O[C@@H](CO)[C@H]1O. The molecule has 16 N–H and O–H groups in total. The van der Waals surface area contributed by atoms with E-state index in [0.717, 1.165) is 18.6 Å². The van der Waals surface area contributed by atoms with E-state index < -0.39 is 92.2 Å². The standard InChI is InChI=1S/C28H51N7O11S/c29-10-5-11(30)25(46-27-22(40)19(32)21(39)16(8-36)44-27)23(41)24(10)45-26-12(31)6-14(37)15(43-26)7-33-18(38)4-2-1-3-17-20-13(9-47-17)34-28(42)35-20/h10-17,19-27,36-37,39-41H,1-9,29-32H2,(H,33,38)(H2,34,35,42)/t10-,11-,12+,13+,14+,15-,16+,17+,19+,20+,21-,22+,23-,24-,25+,26-,27-/m1/s1. The summed E-state index contributed by atoms with van der Waals surface area (Å²) >= 11 is 1.83. The largest absolute Gasteiger partial charge is 0.394 e. The van der Waals surface area contributed by atoms with Gasteiger partial charge in [0, 0.05) is 36.1 Å². The van der Waals surface area contributed by atoms with Gasteiger partial charge in [0.15, 0.2) is 12.6 Å². The zero-order valence-corrected chi connectivity index (χ0v) is 26.9. The van der Waals surface area contributed by atoms with Crippen LogP contribution < -0.4 is 38.9 Å². The molecule has 0 aromatic heterocycles. The number of thioether (sulfide) groups is 1. The van der Waals surface area contributed by atoms with Gasteiger partial charge >= 0.3 is 6.03 Å². The normalized spacial score (nSPS) is 46.8. The summed E-state index contributed by atoms with van der Waals surface area (Å²) < 4.78 is 23.4. The third-order valence-electron chi connectivity index (χ3n) is 9.76. The fourth-order valence-electron chi connectivity index (χ4n) is 6.98. The molecule has 17 atom stereocenters. The first-order valence-electron chi connectivity index (χ1n) is 16.3. The molecular weight excluding hydrogens is 642 g/mol. The van der Waals surface area contributed by atoms with Gasteiger partial charge in [0.25, 0.3) is 0 Å². The number of ether oxygens (including phenoxy) is 4. The first-order valence-corrected chi connectivity index (χ1v) is 17.3. The number of hydrogen-bond acceptors (Lipinski definition) is 16. The molecule has 0 radical (unpaired) electrons. The van der Waals surface area contributed by atoms with Crippen molar-refractivity contribution >= 4 is 23.7 Å². The maximum absolute atomic E-state index is 12.6. The van der Waals surface area contributed by atoms with Gasteiger partial charge in [-0.25, -0.2) is 4.79 Å². The maximum atomic E-state index is 12.6. The predicted octanol–water partition coefficient (Wildman–Crippen LogP) is -5.41. The Balaban J connectivity index is 1.09. The Kier molecular flexibility index (Phi) is 12.6. The number of aliphatic hydroxyl groups is 5. The van der Waals surface area contributed by atoms with Crippen LogP contribution in [0.25, 0.3) is 0 Å². The zero-order chi connectivity index (χ0) is 34.0. The highest BCUT2D eigenvalue weighted by Gasteiger charge is 2.50. The second kappa shape index (κ2) is 16.1. The van der Waals surface area contributed by atoms with E-state index in [4.69, 9.17) is 41.9 Å². The summed E-state index contributed by atoms with van der Waals surface area (Å²) in [6.45, 7) is -0.570. The lowest BCUT2D eigenvalue weighted by molar-refractivity contribution is -0.315. The Hall–Kier alpha value is -1.43. The molecule has 5 aliphatic rings. The number of carbonyl (C=O) groups excluding carboxylic acids is 2. The van der Waals surface area contributed by atoms with Gasteiger partial charge in [0.05, 0.1) is 36.9 Å². The number of aliphatic hydroxyl groups excluding tert-OH is 5. The monoisotopic (exact) mass is 693 g/mol. The van der Waals surface area contributed by atoms with Crippen molar-refractivity contribution in [3.8, 4) is 0 Å². The van der Waals surface area contributed by atoms with E-state index in [2.05, 4.69) is 16.0 Å². The number of rotatable bonds is 12. The molecule has 3 amide bonds. The van der Waals surface area contributed by atoms with Crippen LogP contribution >= 0.6 is 11.8 Å². The first kappa shape index (κ1) is 36.8. The van der Waals surface area contributed by atoms with Gasteiger partial charge in [-0.1, -0.05) is 6.42 Å². The first-order chi connectivity index (χ1) is 22.4. The number of nitrogens with two attached hydrogens (primary N) is 4. The molecule has 0 spiro atoms. The highest BCUT2D eigenvalue weighted by molar-refractivity contribution is 8.00. The molecular formula is C28H51N7O11S. The van der Waals surface area contributed by atoms with Crippen LogP contribution in [-0.2, 0) is 23.7 Å². The van der Waals surface area contributed by atoms with Crippen LogP contribution in [0.15, 0.2) is 0 Å². The van der Waals surface area contributed by atoms with Gasteiger partial charge in [0.1, 0.15) is 42.7 Å². The summed E-state index contributed by atoms with van der Waals surface area (Å²) in [6, 6.07) is -3.37. The highest BCUT2D eigenvalue weighted by atomic mass is 32.2. The Bertz CT molecular complexity index is 1070. The molecule has 5 fully saturated rings. The van der Waals surface area contributed by atoms with E-state index in [-0.39, 0.29) is 43.4 Å². The summed E-state index contributed by atoms with van der Waals surface area (Å²) in [5.74, 6) is 0.689. The average molecular weight is 694 g/mol. The van der Waals surface area contributed by atoms with E-state index >= 15 is 0 Å². The minimum absolute atomic E-state index is 0.0113. The molecule has 5 rings (SSSR count). The van der Waals surface area contributed by atoms with Crippen molar-refractivity contribution < 1.29 is 54.1 Å². The molecule has 4 saturated heterocycles. The van der Waals surface area contributed by atoms with Gasteiger partial charge < -0.3 is 83.4 Å². The lowest BCUT2D eigenvalue weighted by atomic mass is 9.84. The van der Waals surface area contributed by atoms with Crippen LogP contribution in [0.1, 0.15) is 38.5 Å². The number of nitrogens with one attached hydrogen (secondary N) is 3. The number of amides is 3. The maximum Gasteiger partial charge on any atom is 0.315 e. The number of fused-ring (bicyclic) bond motifs is 1. The quantitative estimate of drug-likeness (QED) is 0.0670. The van der Waals surface area contributed by atoms with Crippen LogP contribution in [0.2, 0.25) is 0 Å². The van der Waals surface area contributed by atoms with Crippen molar-refractivity contribution in [1.82, 2.24) is 16.0 Å². The topological polar surface area (TPSA) is 312 Å².